The van der Waals surface area contributed by atoms with E-state index in [0.29, 0.717) is 6.04 Å². The van der Waals surface area contributed by atoms with Crippen molar-refractivity contribution in [2.24, 2.45) is 10.9 Å². The second-order valence-corrected chi connectivity index (χ2v) is 7.69. The summed E-state index contributed by atoms with van der Waals surface area (Å²) >= 11 is 0. The van der Waals surface area contributed by atoms with Gasteiger partial charge in [-0.3, -0.25) is 9.89 Å². The molecule has 1 heterocycles. The van der Waals surface area contributed by atoms with Crippen LogP contribution in [0.4, 0.5) is 0 Å². The van der Waals surface area contributed by atoms with E-state index in [0.717, 1.165) is 57.0 Å². The summed E-state index contributed by atoms with van der Waals surface area (Å²) in [6.45, 7) is 9.45. The number of methoxy groups -OCH3 is 1. The summed E-state index contributed by atoms with van der Waals surface area (Å²) in [5.41, 5.74) is 1.28. The molecular formula is C22H37IN4O2. The van der Waals surface area contributed by atoms with E-state index < -0.39 is 0 Å². The van der Waals surface area contributed by atoms with E-state index in [9.17, 15) is 0 Å². The quantitative estimate of drug-likeness (QED) is 0.299. The van der Waals surface area contributed by atoms with E-state index in [1.165, 1.54) is 24.8 Å². The van der Waals surface area contributed by atoms with Crippen LogP contribution in [0.15, 0.2) is 29.3 Å². The molecule has 0 spiro atoms. The Kier molecular flexibility index (Phi) is 10.5. The molecule has 0 radical (unpaired) electrons. The zero-order chi connectivity index (χ0) is 19.8. The lowest BCUT2D eigenvalue weighted by atomic mass is 10.0. The molecular weight excluding hydrogens is 479 g/mol. The normalized spacial score (nSPS) is 23.1. The third kappa shape index (κ3) is 7.29. The van der Waals surface area contributed by atoms with Crippen LogP contribution in [0.25, 0.3) is 0 Å². The molecule has 7 heteroatoms. The zero-order valence-corrected chi connectivity index (χ0v) is 20.4. The van der Waals surface area contributed by atoms with Gasteiger partial charge in [-0.1, -0.05) is 25.5 Å². The first-order valence-electron chi connectivity index (χ1n) is 10.8. The van der Waals surface area contributed by atoms with Gasteiger partial charge >= 0.3 is 0 Å². The second kappa shape index (κ2) is 12.6. The number of rotatable bonds is 9. The third-order valence-electron chi connectivity index (χ3n) is 5.66. The standard InChI is InChI=1S/C22H36N4O2.HI/c1-4-6-18-15-20(18)25-22(23-5-2)24-16-21(26-11-13-28-14-12-26)17-7-9-19(27-3)10-8-17;/h7-10,18,20-21H,4-6,11-16H2,1-3H3,(H2,23,24,25);1H. The first-order valence-corrected chi connectivity index (χ1v) is 10.8. The molecule has 1 aliphatic heterocycles. The van der Waals surface area contributed by atoms with Crippen LogP contribution in [0.2, 0.25) is 0 Å². The lowest BCUT2D eigenvalue weighted by molar-refractivity contribution is 0.0179. The minimum atomic E-state index is 0. The minimum absolute atomic E-state index is 0. The number of nitrogens with zero attached hydrogens (tertiary/aromatic N) is 2. The van der Waals surface area contributed by atoms with Crippen LogP contribution in [0, 0.1) is 5.92 Å². The number of guanidine groups is 1. The molecule has 1 aliphatic carbocycles. The largest absolute Gasteiger partial charge is 0.497 e. The Bertz CT molecular complexity index is 620. The van der Waals surface area contributed by atoms with Crippen molar-refractivity contribution < 1.29 is 9.47 Å². The van der Waals surface area contributed by atoms with Crippen LogP contribution in [0.1, 0.15) is 44.7 Å². The van der Waals surface area contributed by atoms with E-state index in [4.69, 9.17) is 14.5 Å². The van der Waals surface area contributed by atoms with E-state index in [1.54, 1.807) is 7.11 Å². The Morgan fingerprint density at radius 1 is 1.24 bits per heavy atom. The minimum Gasteiger partial charge on any atom is -0.497 e. The molecule has 0 bridgehead atoms. The molecule has 3 rings (SSSR count). The summed E-state index contributed by atoms with van der Waals surface area (Å²) in [7, 11) is 1.71. The van der Waals surface area contributed by atoms with Crippen molar-refractivity contribution in [2.45, 2.75) is 45.2 Å². The molecule has 1 aromatic rings. The molecule has 29 heavy (non-hydrogen) atoms. The highest BCUT2D eigenvalue weighted by Gasteiger charge is 2.36. The van der Waals surface area contributed by atoms with Gasteiger partial charge in [-0.25, -0.2) is 0 Å². The summed E-state index contributed by atoms with van der Waals surface area (Å²) in [5.74, 6) is 2.64. The number of hydrogen-bond donors (Lipinski definition) is 2. The molecule has 3 atom stereocenters. The summed E-state index contributed by atoms with van der Waals surface area (Å²) in [6, 6.07) is 9.22. The SMILES string of the molecule is CCCC1CC1NC(=NCC(c1ccc(OC)cc1)N1CCOCC1)NCC.I. The monoisotopic (exact) mass is 516 g/mol. The van der Waals surface area contributed by atoms with E-state index in [1.807, 2.05) is 12.1 Å². The molecule has 1 aromatic carbocycles. The molecule has 2 fully saturated rings. The van der Waals surface area contributed by atoms with Crippen molar-refractivity contribution in [1.29, 1.82) is 0 Å². The Morgan fingerprint density at radius 2 is 1.97 bits per heavy atom. The van der Waals surface area contributed by atoms with Crippen molar-refractivity contribution in [2.75, 3.05) is 46.5 Å². The van der Waals surface area contributed by atoms with Gasteiger partial charge in [0.15, 0.2) is 5.96 Å². The van der Waals surface area contributed by atoms with E-state index in [-0.39, 0.29) is 30.0 Å². The van der Waals surface area contributed by atoms with Crippen molar-refractivity contribution in [3.05, 3.63) is 29.8 Å². The Labute approximate surface area is 192 Å². The summed E-state index contributed by atoms with van der Waals surface area (Å²) in [5, 5.41) is 7.05. The smallest absolute Gasteiger partial charge is 0.191 e. The number of halogens is 1. The average molecular weight is 516 g/mol. The van der Waals surface area contributed by atoms with Gasteiger partial charge in [-0.05, 0) is 43.4 Å². The first kappa shape index (κ1) is 24.2. The number of aliphatic imine (C=N–C) groups is 1. The maximum absolute atomic E-state index is 5.56. The van der Waals surface area contributed by atoms with Crippen LogP contribution in [0.3, 0.4) is 0 Å². The number of ether oxygens (including phenoxy) is 2. The number of nitrogens with one attached hydrogen (secondary N) is 2. The third-order valence-corrected chi connectivity index (χ3v) is 5.66. The van der Waals surface area contributed by atoms with Gasteiger partial charge in [-0.2, -0.15) is 0 Å². The number of morpholine rings is 1. The van der Waals surface area contributed by atoms with Gasteiger partial charge in [0.1, 0.15) is 5.75 Å². The molecule has 2 N–H and O–H groups in total. The van der Waals surface area contributed by atoms with Crippen molar-refractivity contribution >= 4 is 29.9 Å². The summed E-state index contributed by atoms with van der Waals surface area (Å²) in [6.07, 6.45) is 3.83. The van der Waals surface area contributed by atoms with Crippen molar-refractivity contribution in [3.8, 4) is 5.75 Å². The van der Waals surface area contributed by atoms with Crippen LogP contribution in [-0.2, 0) is 4.74 Å². The summed E-state index contributed by atoms with van der Waals surface area (Å²) < 4.78 is 10.9. The van der Waals surface area contributed by atoms with Crippen LogP contribution in [-0.4, -0.2) is 63.4 Å². The van der Waals surface area contributed by atoms with Gasteiger partial charge in [0.05, 0.1) is 32.9 Å². The van der Waals surface area contributed by atoms with E-state index >= 15 is 0 Å². The average Bonchev–Trinajstić information content (AvgIpc) is 3.47. The molecule has 2 aliphatic rings. The fraction of sp³-hybridized carbons (Fsp3) is 0.682. The fourth-order valence-electron chi connectivity index (χ4n) is 3.93. The molecule has 6 nitrogen and oxygen atoms in total. The molecule has 1 saturated carbocycles. The molecule has 0 amide bonds. The fourth-order valence-corrected chi connectivity index (χ4v) is 3.93. The maximum atomic E-state index is 5.56. The van der Waals surface area contributed by atoms with Gasteiger partial charge in [-0.15, -0.1) is 24.0 Å². The highest BCUT2D eigenvalue weighted by atomic mass is 127. The van der Waals surface area contributed by atoms with Gasteiger partial charge in [0.25, 0.3) is 0 Å². The second-order valence-electron chi connectivity index (χ2n) is 7.69. The highest BCUT2D eigenvalue weighted by molar-refractivity contribution is 14.0. The molecule has 164 valence electrons. The lowest BCUT2D eigenvalue weighted by Gasteiger charge is -2.34. The predicted molar refractivity (Wildman–Crippen MR) is 129 cm³/mol. The van der Waals surface area contributed by atoms with Gasteiger partial charge in [0, 0.05) is 25.7 Å². The Morgan fingerprint density at radius 3 is 2.59 bits per heavy atom. The van der Waals surface area contributed by atoms with Crippen LogP contribution in [0.5, 0.6) is 5.75 Å². The van der Waals surface area contributed by atoms with Gasteiger partial charge < -0.3 is 20.1 Å². The van der Waals surface area contributed by atoms with Crippen molar-refractivity contribution in [3.63, 3.8) is 0 Å². The lowest BCUT2D eigenvalue weighted by Crippen LogP contribution is -2.42. The molecule has 3 unspecified atom stereocenters. The topological polar surface area (TPSA) is 58.1 Å². The van der Waals surface area contributed by atoms with Crippen LogP contribution >= 0.6 is 24.0 Å². The predicted octanol–water partition coefficient (Wildman–Crippen LogP) is 3.43. The zero-order valence-electron chi connectivity index (χ0n) is 18.0. The Balaban J connectivity index is 0.00000300. The molecule has 1 saturated heterocycles. The van der Waals surface area contributed by atoms with Crippen LogP contribution < -0.4 is 15.4 Å². The van der Waals surface area contributed by atoms with Crippen molar-refractivity contribution in [1.82, 2.24) is 15.5 Å². The first-order chi connectivity index (χ1) is 13.7. The number of benzene rings is 1. The summed E-state index contributed by atoms with van der Waals surface area (Å²) in [4.78, 5) is 7.44. The van der Waals surface area contributed by atoms with E-state index in [2.05, 4.69) is 41.5 Å². The molecule has 0 aromatic heterocycles. The number of hydrogen-bond acceptors (Lipinski definition) is 4. The maximum Gasteiger partial charge on any atom is 0.191 e. The Hall–Kier alpha value is -1.06. The van der Waals surface area contributed by atoms with Gasteiger partial charge in [0.2, 0.25) is 0 Å². The highest BCUT2D eigenvalue weighted by Crippen LogP contribution is 2.34.